The Bertz CT molecular complexity index is 717. The summed E-state index contributed by atoms with van der Waals surface area (Å²) in [4.78, 5) is 0. The zero-order valence-corrected chi connectivity index (χ0v) is 17.7. The molecule has 0 unspecified atom stereocenters. The summed E-state index contributed by atoms with van der Waals surface area (Å²) in [5, 5.41) is 0. The molecule has 29 heavy (non-hydrogen) atoms. The van der Waals surface area contributed by atoms with E-state index in [-0.39, 0.29) is 0 Å². The van der Waals surface area contributed by atoms with Gasteiger partial charge in [-0.2, -0.15) is 0 Å². The maximum atomic E-state index is 6.11. The third-order valence-corrected chi connectivity index (χ3v) is 5.81. The Hall–Kier alpha value is -2.20. The van der Waals surface area contributed by atoms with E-state index in [2.05, 4.69) is 19.1 Å². The number of nitrogen functional groups attached to an aromatic ring is 2. The fraction of sp³-hybridized carbons (Fsp3) is 0.520. The fourth-order valence-electron chi connectivity index (χ4n) is 4.17. The van der Waals surface area contributed by atoms with Crippen LogP contribution in [0.15, 0.2) is 42.5 Å². The maximum absolute atomic E-state index is 6.11. The molecule has 0 aromatic heterocycles. The van der Waals surface area contributed by atoms with Gasteiger partial charge in [0.15, 0.2) is 0 Å². The molecule has 4 heteroatoms. The Morgan fingerprint density at radius 1 is 0.793 bits per heavy atom. The van der Waals surface area contributed by atoms with Gasteiger partial charge in [-0.1, -0.05) is 44.7 Å². The zero-order valence-electron chi connectivity index (χ0n) is 17.7. The van der Waals surface area contributed by atoms with Crippen molar-refractivity contribution in [3.05, 3.63) is 48.0 Å². The van der Waals surface area contributed by atoms with Crippen molar-refractivity contribution in [3.8, 4) is 11.5 Å². The highest BCUT2D eigenvalue weighted by Gasteiger charge is 2.22. The molecule has 0 spiro atoms. The van der Waals surface area contributed by atoms with Gasteiger partial charge in [0.2, 0.25) is 0 Å². The smallest absolute Gasteiger partial charge is 0.131 e. The molecular weight excluding hydrogens is 360 g/mol. The van der Waals surface area contributed by atoms with Crippen LogP contribution < -0.4 is 16.2 Å². The van der Waals surface area contributed by atoms with Gasteiger partial charge >= 0.3 is 0 Å². The van der Waals surface area contributed by atoms with Gasteiger partial charge in [0.25, 0.3) is 0 Å². The van der Waals surface area contributed by atoms with Gasteiger partial charge < -0.3 is 20.9 Å². The molecular formula is C25H36N2O2. The normalized spacial score (nSPS) is 19.2. The summed E-state index contributed by atoms with van der Waals surface area (Å²) >= 11 is 0. The molecule has 0 aliphatic heterocycles. The predicted molar refractivity (Wildman–Crippen MR) is 121 cm³/mol. The van der Waals surface area contributed by atoms with Gasteiger partial charge in [-0.05, 0) is 61.8 Å². The summed E-state index contributed by atoms with van der Waals surface area (Å²) in [6, 6.07) is 13.7. The first-order valence-corrected chi connectivity index (χ1v) is 11.2. The number of nitrogens with two attached hydrogens (primary N) is 2. The van der Waals surface area contributed by atoms with Gasteiger partial charge in [-0.15, -0.1) is 0 Å². The Kier molecular flexibility index (Phi) is 8.24. The van der Waals surface area contributed by atoms with Crippen molar-refractivity contribution in [3.63, 3.8) is 0 Å². The van der Waals surface area contributed by atoms with E-state index in [1.54, 1.807) is 18.2 Å². The number of unbranched alkanes of at least 4 members (excludes halogenated alkanes) is 4. The van der Waals surface area contributed by atoms with Crippen LogP contribution in [0.3, 0.4) is 0 Å². The highest BCUT2D eigenvalue weighted by molar-refractivity contribution is 5.57. The first-order valence-electron chi connectivity index (χ1n) is 11.2. The lowest BCUT2D eigenvalue weighted by atomic mass is 9.83. The zero-order chi connectivity index (χ0) is 20.5. The van der Waals surface area contributed by atoms with E-state index in [1.165, 1.54) is 63.4 Å². The maximum Gasteiger partial charge on any atom is 0.131 e. The minimum Gasteiger partial charge on any atom is -0.457 e. The number of ether oxygens (including phenoxy) is 2. The molecule has 0 heterocycles. The van der Waals surface area contributed by atoms with Crippen molar-refractivity contribution in [2.75, 3.05) is 18.1 Å². The Balaban J connectivity index is 1.42. The molecule has 2 aromatic carbocycles. The minimum absolute atomic E-state index is 0.453. The number of anilines is 2. The second-order valence-electron chi connectivity index (χ2n) is 8.27. The number of hydrogen-bond donors (Lipinski definition) is 2. The lowest BCUT2D eigenvalue weighted by molar-refractivity contribution is 0.0226. The van der Waals surface area contributed by atoms with E-state index in [0.29, 0.717) is 29.1 Å². The van der Waals surface area contributed by atoms with Gasteiger partial charge in [-0.3, -0.25) is 0 Å². The summed E-state index contributed by atoms with van der Waals surface area (Å²) in [5.74, 6) is 2.10. The number of rotatable bonds is 10. The van der Waals surface area contributed by atoms with Crippen molar-refractivity contribution in [1.29, 1.82) is 0 Å². The van der Waals surface area contributed by atoms with Crippen LogP contribution in [0.5, 0.6) is 11.5 Å². The van der Waals surface area contributed by atoms with E-state index < -0.39 is 0 Å². The third kappa shape index (κ3) is 6.97. The standard InChI is InChI=1S/C25H36N2O2/c1-2-3-4-5-6-15-28-23-11-7-19(8-12-23)20-9-13-24(14-10-20)29-25-17-21(26)16-22(27)18-25/h9-10,13-14,16-19,23H,2-8,11-12,15,26-27H2,1H3. The van der Waals surface area contributed by atoms with Crippen molar-refractivity contribution >= 4 is 11.4 Å². The fourth-order valence-corrected chi connectivity index (χ4v) is 4.17. The lowest BCUT2D eigenvalue weighted by Crippen LogP contribution is -2.21. The summed E-state index contributed by atoms with van der Waals surface area (Å²) in [6.07, 6.45) is 11.7. The number of hydrogen-bond acceptors (Lipinski definition) is 4. The van der Waals surface area contributed by atoms with E-state index in [1.807, 2.05) is 12.1 Å². The second-order valence-corrected chi connectivity index (χ2v) is 8.27. The molecule has 0 saturated heterocycles. The third-order valence-electron chi connectivity index (χ3n) is 5.81. The Labute approximate surface area is 175 Å². The first kappa shape index (κ1) is 21.5. The largest absolute Gasteiger partial charge is 0.457 e. The van der Waals surface area contributed by atoms with Gasteiger partial charge in [0.1, 0.15) is 11.5 Å². The monoisotopic (exact) mass is 396 g/mol. The summed E-state index contributed by atoms with van der Waals surface area (Å²) in [7, 11) is 0. The van der Waals surface area contributed by atoms with Gasteiger partial charge in [-0.25, -0.2) is 0 Å². The van der Waals surface area contributed by atoms with Gasteiger partial charge in [0.05, 0.1) is 6.10 Å². The molecule has 1 saturated carbocycles. The Morgan fingerprint density at radius 2 is 1.45 bits per heavy atom. The van der Waals surface area contributed by atoms with Crippen molar-refractivity contribution < 1.29 is 9.47 Å². The van der Waals surface area contributed by atoms with Crippen LogP contribution in [0, 0.1) is 0 Å². The summed E-state index contributed by atoms with van der Waals surface area (Å²) < 4.78 is 12.0. The van der Waals surface area contributed by atoms with Crippen LogP contribution >= 0.6 is 0 Å². The lowest BCUT2D eigenvalue weighted by Gasteiger charge is -2.29. The van der Waals surface area contributed by atoms with Crippen LogP contribution in [0.25, 0.3) is 0 Å². The van der Waals surface area contributed by atoms with Crippen LogP contribution in [0.4, 0.5) is 11.4 Å². The average molecular weight is 397 g/mol. The quantitative estimate of drug-likeness (QED) is 0.348. The molecule has 158 valence electrons. The van der Waals surface area contributed by atoms with Gasteiger partial charge in [0, 0.05) is 30.1 Å². The molecule has 1 fully saturated rings. The molecule has 0 radical (unpaired) electrons. The topological polar surface area (TPSA) is 70.5 Å². The predicted octanol–water partition coefficient (Wildman–Crippen LogP) is 6.66. The summed E-state index contributed by atoms with van der Waals surface area (Å²) in [6.45, 7) is 3.19. The first-order chi connectivity index (χ1) is 14.1. The highest BCUT2D eigenvalue weighted by atomic mass is 16.5. The average Bonchev–Trinajstić information content (AvgIpc) is 2.71. The molecule has 0 atom stereocenters. The minimum atomic E-state index is 0.453. The molecule has 2 aromatic rings. The van der Waals surface area contributed by atoms with E-state index in [4.69, 9.17) is 20.9 Å². The molecule has 1 aliphatic carbocycles. The molecule has 1 aliphatic rings. The van der Waals surface area contributed by atoms with Crippen LogP contribution in [-0.4, -0.2) is 12.7 Å². The molecule has 0 bridgehead atoms. The van der Waals surface area contributed by atoms with Crippen molar-refractivity contribution in [2.45, 2.75) is 76.7 Å². The SMILES string of the molecule is CCCCCCCOC1CCC(c2ccc(Oc3cc(N)cc(N)c3)cc2)CC1. The number of benzene rings is 2. The summed E-state index contributed by atoms with van der Waals surface area (Å²) in [5.41, 5.74) is 14.3. The van der Waals surface area contributed by atoms with Crippen LogP contribution in [0.1, 0.15) is 76.2 Å². The van der Waals surface area contributed by atoms with Crippen LogP contribution in [0.2, 0.25) is 0 Å². The van der Waals surface area contributed by atoms with E-state index >= 15 is 0 Å². The van der Waals surface area contributed by atoms with Crippen molar-refractivity contribution in [2.24, 2.45) is 0 Å². The van der Waals surface area contributed by atoms with Crippen LogP contribution in [-0.2, 0) is 4.74 Å². The highest BCUT2D eigenvalue weighted by Crippen LogP contribution is 2.35. The Morgan fingerprint density at radius 3 is 2.10 bits per heavy atom. The molecule has 3 rings (SSSR count). The van der Waals surface area contributed by atoms with Crippen molar-refractivity contribution in [1.82, 2.24) is 0 Å². The van der Waals surface area contributed by atoms with E-state index in [0.717, 1.165) is 12.4 Å². The second kappa shape index (κ2) is 11.1. The molecule has 4 nitrogen and oxygen atoms in total. The molecule has 0 amide bonds. The van der Waals surface area contributed by atoms with E-state index in [9.17, 15) is 0 Å². The molecule has 4 N–H and O–H groups in total.